The maximum absolute atomic E-state index is 5.45. The summed E-state index contributed by atoms with van der Waals surface area (Å²) in [4.78, 5) is 9.58. The van der Waals surface area contributed by atoms with Gasteiger partial charge in [0.2, 0.25) is 0 Å². The van der Waals surface area contributed by atoms with Gasteiger partial charge in [-0.15, -0.1) is 0 Å². The van der Waals surface area contributed by atoms with E-state index in [0.29, 0.717) is 6.54 Å². The summed E-state index contributed by atoms with van der Waals surface area (Å²) in [6.45, 7) is 2.54. The van der Waals surface area contributed by atoms with Gasteiger partial charge in [-0.2, -0.15) is 0 Å². The minimum Gasteiger partial charge on any atom is -0.468 e. The van der Waals surface area contributed by atoms with E-state index in [2.05, 4.69) is 9.97 Å². The molecule has 5 heteroatoms. The third-order valence-corrected chi connectivity index (χ3v) is 3.16. The molecule has 2 heterocycles. The highest BCUT2D eigenvalue weighted by Gasteiger charge is 2.05. The van der Waals surface area contributed by atoms with Crippen LogP contribution in [0.15, 0.2) is 39.2 Å². The van der Waals surface area contributed by atoms with Gasteiger partial charge < -0.3 is 10.2 Å². The summed E-state index contributed by atoms with van der Waals surface area (Å²) in [6.07, 6.45) is 6.12. The van der Waals surface area contributed by atoms with Gasteiger partial charge in [-0.05, 0) is 43.3 Å². The Hall–Kier alpha value is -1.33. The average Bonchev–Trinajstić information content (AvgIpc) is 2.68. The molecule has 84 valence electrons. The standard InChI is InChI=1S/C11H13N3OS/c1-8-10(3-5-15-8)16-11-13-6-9(2-4-12)7-14-11/h3,5-7H,2,4,12H2,1H3. The van der Waals surface area contributed by atoms with Crippen LogP contribution in [0.5, 0.6) is 0 Å². The third kappa shape index (κ3) is 2.62. The molecule has 0 unspecified atom stereocenters. The predicted octanol–water partition coefficient (Wildman–Crippen LogP) is 2.03. The lowest BCUT2D eigenvalue weighted by molar-refractivity contribution is 0.527. The predicted molar refractivity (Wildman–Crippen MR) is 62.4 cm³/mol. The Morgan fingerprint density at radius 3 is 2.69 bits per heavy atom. The largest absolute Gasteiger partial charge is 0.468 e. The molecular formula is C11H13N3OS. The lowest BCUT2D eigenvalue weighted by Crippen LogP contribution is -2.03. The minimum absolute atomic E-state index is 0.622. The van der Waals surface area contributed by atoms with E-state index in [1.54, 1.807) is 6.26 Å². The van der Waals surface area contributed by atoms with Crippen LogP contribution in [-0.4, -0.2) is 16.5 Å². The Kier molecular flexibility index (Phi) is 3.58. The molecule has 0 bridgehead atoms. The second kappa shape index (κ2) is 5.14. The Bertz CT molecular complexity index is 453. The quantitative estimate of drug-likeness (QED) is 0.821. The normalized spacial score (nSPS) is 10.6. The number of aromatic nitrogens is 2. The number of aryl methyl sites for hydroxylation is 1. The lowest BCUT2D eigenvalue weighted by Gasteiger charge is -2.00. The van der Waals surface area contributed by atoms with Crippen molar-refractivity contribution in [1.29, 1.82) is 0 Å². The fourth-order valence-corrected chi connectivity index (χ4v) is 1.99. The second-order valence-corrected chi connectivity index (χ2v) is 4.36. The van der Waals surface area contributed by atoms with E-state index in [0.717, 1.165) is 27.8 Å². The number of nitrogens with zero attached hydrogens (tertiary/aromatic N) is 2. The zero-order valence-corrected chi connectivity index (χ0v) is 9.83. The van der Waals surface area contributed by atoms with Crippen molar-refractivity contribution in [1.82, 2.24) is 9.97 Å². The first-order chi connectivity index (χ1) is 7.79. The Morgan fingerprint density at radius 2 is 2.12 bits per heavy atom. The van der Waals surface area contributed by atoms with Gasteiger partial charge in [-0.3, -0.25) is 0 Å². The summed E-state index contributed by atoms with van der Waals surface area (Å²) in [5.41, 5.74) is 6.52. The molecule has 2 rings (SSSR count). The molecule has 2 aromatic heterocycles. The van der Waals surface area contributed by atoms with Crippen LogP contribution in [0.25, 0.3) is 0 Å². The molecule has 0 spiro atoms. The number of hydrogen-bond acceptors (Lipinski definition) is 5. The third-order valence-electron chi connectivity index (χ3n) is 2.13. The van der Waals surface area contributed by atoms with Gasteiger partial charge in [0.15, 0.2) is 5.16 Å². The minimum atomic E-state index is 0.622. The van der Waals surface area contributed by atoms with E-state index < -0.39 is 0 Å². The van der Waals surface area contributed by atoms with Crippen molar-refractivity contribution in [3.63, 3.8) is 0 Å². The fourth-order valence-electron chi connectivity index (χ4n) is 1.27. The molecule has 0 radical (unpaired) electrons. The van der Waals surface area contributed by atoms with Crippen molar-refractivity contribution in [2.75, 3.05) is 6.54 Å². The molecule has 0 saturated carbocycles. The Balaban J connectivity index is 2.08. The van der Waals surface area contributed by atoms with Crippen molar-refractivity contribution in [2.45, 2.75) is 23.4 Å². The molecular weight excluding hydrogens is 222 g/mol. The maximum atomic E-state index is 5.45. The van der Waals surface area contributed by atoms with Crippen LogP contribution in [0, 0.1) is 6.92 Å². The highest BCUT2D eigenvalue weighted by molar-refractivity contribution is 7.99. The van der Waals surface area contributed by atoms with Crippen molar-refractivity contribution < 1.29 is 4.42 Å². The molecule has 2 N–H and O–H groups in total. The molecule has 0 aliphatic rings. The molecule has 0 aliphatic heterocycles. The Morgan fingerprint density at radius 1 is 1.38 bits per heavy atom. The van der Waals surface area contributed by atoms with Gasteiger partial charge >= 0.3 is 0 Å². The molecule has 0 amide bonds. The van der Waals surface area contributed by atoms with Crippen LogP contribution in [0.3, 0.4) is 0 Å². The van der Waals surface area contributed by atoms with Crippen LogP contribution in [-0.2, 0) is 6.42 Å². The monoisotopic (exact) mass is 235 g/mol. The summed E-state index contributed by atoms with van der Waals surface area (Å²) in [5.74, 6) is 0.889. The molecule has 0 saturated heterocycles. The van der Waals surface area contributed by atoms with Crippen molar-refractivity contribution in [2.24, 2.45) is 5.73 Å². The number of furan rings is 1. The van der Waals surface area contributed by atoms with Gasteiger partial charge in [-0.1, -0.05) is 0 Å². The first-order valence-electron chi connectivity index (χ1n) is 5.02. The molecule has 2 aromatic rings. The molecule has 0 aliphatic carbocycles. The first kappa shape index (κ1) is 11.2. The van der Waals surface area contributed by atoms with Crippen LogP contribution >= 0.6 is 11.8 Å². The Labute approximate surface area is 98.3 Å². The van der Waals surface area contributed by atoms with Gasteiger partial charge in [0, 0.05) is 12.4 Å². The van der Waals surface area contributed by atoms with Gasteiger partial charge in [0.1, 0.15) is 5.76 Å². The topological polar surface area (TPSA) is 64.9 Å². The van der Waals surface area contributed by atoms with E-state index in [4.69, 9.17) is 10.2 Å². The van der Waals surface area contributed by atoms with Crippen molar-refractivity contribution in [3.8, 4) is 0 Å². The average molecular weight is 235 g/mol. The maximum Gasteiger partial charge on any atom is 0.192 e. The SMILES string of the molecule is Cc1occc1Sc1ncc(CCN)cn1. The van der Waals surface area contributed by atoms with Crippen LogP contribution in [0.1, 0.15) is 11.3 Å². The van der Waals surface area contributed by atoms with E-state index in [9.17, 15) is 0 Å². The van der Waals surface area contributed by atoms with E-state index in [-0.39, 0.29) is 0 Å². The first-order valence-corrected chi connectivity index (χ1v) is 5.84. The molecule has 16 heavy (non-hydrogen) atoms. The summed E-state index contributed by atoms with van der Waals surface area (Å²) in [7, 11) is 0. The molecule has 0 aromatic carbocycles. The summed E-state index contributed by atoms with van der Waals surface area (Å²) >= 11 is 1.50. The lowest BCUT2D eigenvalue weighted by atomic mass is 10.2. The van der Waals surface area contributed by atoms with Crippen molar-refractivity contribution in [3.05, 3.63) is 36.0 Å². The van der Waals surface area contributed by atoms with E-state index in [1.807, 2.05) is 25.4 Å². The van der Waals surface area contributed by atoms with Gasteiger partial charge in [-0.25, -0.2) is 9.97 Å². The summed E-state index contributed by atoms with van der Waals surface area (Å²) < 4.78 is 5.21. The molecule has 0 fully saturated rings. The smallest absolute Gasteiger partial charge is 0.192 e. The van der Waals surface area contributed by atoms with Crippen LogP contribution in [0.2, 0.25) is 0 Å². The number of rotatable bonds is 4. The van der Waals surface area contributed by atoms with E-state index in [1.165, 1.54) is 11.8 Å². The fraction of sp³-hybridized carbons (Fsp3) is 0.273. The second-order valence-electron chi connectivity index (χ2n) is 3.36. The summed E-state index contributed by atoms with van der Waals surface area (Å²) in [6, 6.07) is 1.91. The highest BCUT2D eigenvalue weighted by atomic mass is 32.2. The molecule has 0 atom stereocenters. The van der Waals surface area contributed by atoms with Gasteiger partial charge in [0.05, 0.1) is 11.2 Å². The zero-order valence-electron chi connectivity index (χ0n) is 9.01. The van der Waals surface area contributed by atoms with Gasteiger partial charge in [0.25, 0.3) is 0 Å². The van der Waals surface area contributed by atoms with Crippen LogP contribution in [0.4, 0.5) is 0 Å². The molecule has 4 nitrogen and oxygen atoms in total. The zero-order chi connectivity index (χ0) is 11.4. The number of hydrogen-bond donors (Lipinski definition) is 1. The highest BCUT2D eigenvalue weighted by Crippen LogP contribution is 2.27. The summed E-state index contributed by atoms with van der Waals surface area (Å²) in [5, 5.41) is 0.727. The van der Waals surface area contributed by atoms with E-state index >= 15 is 0 Å². The van der Waals surface area contributed by atoms with Crippen LogP contribution < -0.4 is 5.73 Å². The van der Waals surface area contributed by atoms with Crippen molar-refractivity contribution >= 4 is 11.8 Å². The number of nitrogens with two attached hydrogens (primary N) is 1.